The van der Waals surface area contributed by atoms with E-state index in [2.05, 4.69) is 20.9 Å². The second-order valence-electron chi connectivity index (χ2n) is 12.3. The van der Waals surface area contributed by atoms with Crippen LogP contribution in [0.2, 0.25) is 0 Å². The lowest BCUT2D eigenvalue weighted by Crippen LogP contribution is -2.53. The van der Waals surface area contributed by atoms with E-state index < -0.39 is 41.3 Å². The number of amides is 4. The number of aromatic nitrogens is 1. The van der Waals surface area contributed by atoms with Gasteiger partial charge in [-0.15, -0.1) is 0 Å². The monoisotopic (exact) mass is 579 g/mol. The molecule has 5 rings (SSSR count). The van der Waals surface area contributed by atoms with Gasteiger partial charge in [-0.3, -0.25) is 19.2 Å². The van der Waals surface area contributed by atoms with E-state index in [1.54, 1.807) is 11.0 Å². The number of aliphatic carboxylic acids is 1. The average Bonchev–Trinajstić information content (AvgIpc) is 3.53. The number of hydrogen-bond acceptors (Lipinski definition) is 5. The number of hydrogen-bond donors (Lipinski definition) is 5. The van der Waals surface area contributed by atoms with Gasteiger partial charge >= 0.3 is 5.97 Å². The van der Waals surface area contributed by atoms with Gasteiger partial charge in [-0.05, 0) is 50.2 Å². The zero-order valence-corrected chi connectivity index (χ0v) is 24.1. The number of carbonyl (C=O) groups is 5. The first-order valence-corrected chi connectivity index (χ1v) is 15.1. The second kappa shape index (κ2) is 12.5. The van der Waals surface area contributed by atoms with Crippen LogP contribution in [-0.2, 0) is 19.2 Å². The van der Waals surface area contributed by atoms with Crippen molar-refractivity contribution in [1.82, 2.24) is 25.8 Å². The van der Waals surface area contributed by atoms with Crippen LogP contribution in [0.5, 0.6) is 0 Å². The van der Waals surface area contributed by atoms with E-state index in [0.717, 1.165) is 43.0 Å². The molecule has 1 aromatic heterocycles. The van der Waals surface area contributed by atoms with E-state index in [-0.39, 0.29) is 24.2 Å². The lowest BCUT2D eigenvalue weighted by atomic mass is 9.82. The Morgan fingerprint density at radius 3 is 2.40 bits per heavy atom. The number of carboxylic acid groups (broad SMARTS) is 1. The fourth-order valence-corrected chi connectivity index (χ4v) is 6.95. The van der Waals surface area contributed by atoms with Crippen LogP contribution < -0.4 is 16.0 Å². The molecule has 3 atom stereocenters. The minimum Gasteiger partial charge on any atom is -0.480 e. The third-order valence-electron chi connectivity index (χ3n) is 9.39. The van der Waals surface area contributed by atoms with Crippen LogP contribution in [0.4, 0.5) is 0 Å². The quantitative estimate of drug-likeness (QED) is 0.307. The molecule has 2 aromatic rings. The number of likely N-dealkylation sites (tertiary alicyclic amines) is 1. The Hall–Kier alpha value is -3.89. The van der Waals surface area contributed by atoms with Crippen LogP contribution in [0, 0.1) is 11.8 Å². The van der Waals surface area contributed by atoms with Crippen LogP contribution in [0.3, 0.4) is 0 Å². The van der Waals surface area contributed by atoms with Gasteiger partial charge in [0.2, 0.25) is 17.7 Å². The number of para-hydroxylation sites is 1. The molecule has 1 aromatic carbocycles. The standard InChI is InChI=1S/C31H41N5O6/c1-19(37)36-13-11-31(12-14-36)18-22(27(38)35-31)17-26(30(41)42)34-28(39)24(15-20-7-3-2-4-8-20)33-29(40)25-16-21-9-5-6-10-23(21)32-25/h5-6,9-10,16,20,22,24,26,32H,2-4,7-8,11-15,17-18H2,1H3,(H,33,40)(H,34,39)(H,35,38)(H,41,42)/t22?,24-,26?/m0/s1. The number of H-pyrrole nitrogens is 1. The van der Waals surface area contributed by atoms with Gasteiger partial charge < -0.3 is 30.9 Å². The number of rotatable bonds is 9. The number of fused-ring (bicyclic) bond motifs is 1. The van der Waals surface area contributed by atoms with Crippen molar-refractivity contribution >= 4 is 40.5 Å². The van der Waals surface area contributed by atoms with Crippen molar-refractivity contribution in [2.45, 2.75) is 88.8 Å². The van der Waals surface area contributed by atoms with Crippen molar-refractivity contribution in [2.75, 3.05) is 13.1 Å². The molecule has 42 heavy (non-hydrogen) atoms. The van der Waals surface area contributed by atoms with E-state index in [4.69, 9.17) is 0 Å². The normalized spacial score (nSPS) is 22.0. The maximum atomic E-state index is 13.6. The second-order valence-corrected chi connectivity index (χ2v) is 12.3. The van der Waals surface area contributed by atoms with Crippen LogP contribution in [0.15, 0.2) is 30.3 Å². The summed E-state index contributed by atoms with van der Waals surface area (Å²) in [4.78, 5) is 68.6. The van der Waals surface area contributed by atoms with Crippen molar-refractivity contribution in [3.63, 3.8) is 0 Å². The summed E-state index contributed by atoms with van der Waals surface area (Å²) in [7, 11) is 0. The van der Waals surface area contributed by atoms with Crippen molar-refractivity contribution in [2.24, 2.45) is 11.8 Å². The highest BCUT2D eigenvalue weighted by Crippen LogP contribution is 2.36. The number of nitrogens with zero attached hydrogens (tertiary/aromatic N) is 1. The molecule has 2 unspecified atom stereocenters. The Bertz CT molecular complexity index is 1310. The minimum absolute atomic E-state index is 0.00112. The molecule has 2 aliphatic heterocycles. The predicted molar refractivity (Wildman–Crippen MR) is 155 cm³/mol. The molecular formula is C31H41N5O6. The molecule has 11 heteroatoms. The van der Waals surface area contributed by atoms with Gasteiger partial charge in [-0.2, -0.15) is 0 Å². The molecule has 4 amide bonds. The van der Waals surface area contributed by atoms with Crippen molar-refractivity contribution in [3.8, 4) is 0 Å². The van der Waals surface area contributed by atoms with Gasteiger partial charge in [-0.25, -0.2) is 4.79 Å². The summed E-state index contributed by atoms with van der Waals surface area (Å²) in [5.41, 5.74) is 0.676. The molecule has 226 valence electrons. The molecule has 3 aliphatic rings. The third kappa shape index (κ3) is 6.77. The zero-order valence-electron chi connectivity index (χ0n) is 24.1. The molecule has 2 saturated heterocycles. The van der Waals surface area contributed by atoms with E-state index in [1.807, 2.05) is 24.3 Å². The highest BCUT2D eigenvalue weighted by Gasteiger charge is 2.47. The fourth-order valence-electron chi connectivity index (χ4n) is 6.95. The Morgan fingerprint density at radius 1 is 1.02 bits per heavy atom. The SMILES string of the molecule is CC(=O)N1CCC2(CC1)CC(CC(NC(=O)[C@H](CC1CCCCC1)NC(=O)c1cc3ccccc3[nH]1)C(=O)O)C(=O)N2. The van der Waals surface area contributed by atoms with E-state index in [0.29, 0.717) is 44.5 Å². The largest absolute Gasteiger partial charge is 0.480 e. The Labute approximate surface area is 245 Å². The maximum Gasteiger partial charge on any atom is 0.326 e. The van der Waals surface area contributed by atoms with Gasteiger partial charge in [0.05, 0.1) is 0 Å². The lowest BCUT2D eigenvalue weighted by Gasteiger charge is -2.39. The molecular weight excluding hydrogens is 538 g/mol. The predicted octanol–water partition coefficient (Wildman–Crippen LogP) is 2.71. The lowest BCUT2D eigenvalue weighted by molar-refractivity contribution is -0.143. The smallest absolute Gasteiger partial charge is 0.326 e. The fraction of sp³-hybridized carbons (Fsp3) is 0.581. The van der Waals surface area contributed by atoms with Gasteiger partial charge in [-0.1, -0.05) is 50.3 Å². The zero-order chi connectivity index (χ0) is 29.9. The van der Waals surface area contributed by atoms with Gasteiger partial charge in [0.25, 0.3) is 5.91 Å². The van der Waals surface area contributed by atoms with Crippen LogP contribution >= 0.6 is 0 Å². The van der Waals surface area contributed by atoms with Crippen molar-refractivity contribution in [1.29, 1.82) is 0 Å². The third-order valence-corrected chi connectivity index (χ3v) is 9.39. The molecule has 3 heterocycles. The molecule has 11 nitrogen and oxygen atoms in total. The Morgan fingerprint density at radius 2 is 1.74 bits per heavy atom. The number of nitrogens with one attached hydrogen (secondary N) is 4. The first kappa shape index (κ1) is 29.6. The van der Waals surface area contributed by atoms with Gasteiger partial charge in [0, 0.05) is 42.4 Å². The summed E-state index contributed by atoms with van der Waals surface area (Å²) < 4.78 is 0. The maximum absolute atomic E-state index is 13.6. The minimum atomic E-state index is -1.28. The molecule has 1 saturated carbocycles. The molecule has 1 spiro atoms. The van der Waals surface area contributed by atoms with Gasteiger partial charge in [0.15, 0.2) is 0 Å². The van der Waals surface area contributed by atoms with Crippen molar-refractivity contribution < 1.29 is 29.1 Å². The number of carboxylic acids is 1. The highest BCUT2D eigenvalue weighted by atomic mass is 16.4. The topological polar surface area (TPSA) is 161 Å². The Kier molecular flexibility index (Phi) is 8.84. The van der Waals surface area contributed by atoms with Crippen LogP contribution in [0.1, 0.15) is 81.6 Å². The van der Waals surface area contributed by atoms with E-state index >= 15 is 0 Å². The van der Waals surface area contributed by atoms with E-state index in [1.165, 1.54) is 6.92 Å². The molecule has 0 bridgehead atoms. The number of benzene rings is 1. The summed E-state index contributed by atoms with van der Waals surface area (Å²) in [6.45, 7) is 2.61. The molecule has 0 radical (unpaired) electrons. The summed E-state index contributed by atoms with van der Waals surface area (Å²) in [5, 5.41) is 19.5. The van der Waals surface area contributed by atoms with Crippen LogP contribution in [0.25, 0.3) is 10.9 Å². The Balaban J connectivity index is 1.26. The number of aromatic amines is 1. The summed E-state index contributed by atoms with van der Waals surface area (Å²) >= 11 is 0. The van der Waals surface area contributed by atoms with Crippen LogP contribution in [-0.4, -0.2) is 75.3 Å². The molecule has 5 N–H and O–H groups in total. The summed E-state index contributed by atoms with van der Waals surface area (Å²) in [6.07, 6.45) is 7.25. The van der Waals surface area contributed by atoms with E-state index in [9.17, 15) is 29.1 Å². The van der Waals surface area contributed by atoms with Crippen molar-refractivity contribution in [3.05, 3.63) is 36.0 Å². The highest BCUT2D eigenvalue weighted by molar-refractivity contribution is 6.00. The van der Waals surface area contributed by atoms with Gasteiger partial charge in [0.1, 0.15) is 17.8 Å². The summed E-state index contributed by atoms with van der Waals surface area (Å²) in [6, 6.07) is 7.05. The average molecular weight is 580 g/mol. The summed E-state index contributed by atoms with van der Waals surface area (Å²) in [5.74, 6) is -2.75. The molecule has 3 fully saturated rings. The number of carbonyl (C=O) groups excluding carboxylic acids is 4. The first-order chi connectivity index (χ1) is 20.1. The molecule has 1 aliphatic carbocycles. The first-order valence-electron chi connectivity index (χ1n) is 15.1. The number of piperidine rings is 1.